The highest BCUT2D eigenvalue weighted by Crippen LogP contribution is 2.08. The monoisotopic (exact) mass is 266 g/mol. The first kappa shape index (κ1) is 13.8. The number of ether oxygens (including phenoxy) is 2. The Bertz CT molecular complexity index is 169. The van der Waals surface area contributed by atoms with Gasteiger partial charge in [0.1, 0.15) is 0 Å². The fourth-order valence-electron chi connectivity index (χ4n) is 0.670. The lowest BCUT2D eigenvalue weighted by molar-refractivity contribution is -0.117. The van der Waals surface area contributed by atoms with Crippen LogP contribution in [0, 0.1) is 5.92 Å². The van der Waals surface area contributed by atoms with Crippen LogP contribution in [0.4, 0.5) is 0 Å². The van der Waals surface area contributed by atoms with Crippen molar-refractivity contribution in [3.63, 3.8) is 0 Å². The normalized spacial score (nSPS) is 14.3. The van der Waals surface area contributed by atoms with E-state index in [9.17, 15) is 5.11 Å². The molecule has 0 aromatic rings. The Hall–Kier alpha value is -0.220. The molecule has 1 N–H and O–H groups in total. The Labute approximate surface area is 94.2 Å². The topological polar surface area (TPSA) is 38.7 Å². The van der Waals surface area contributed by atoms with Crippen molar-refractivity contribution < 1.29 is 14.6 Å². The smallest absolute Gasteiger partial charge is 0.278 e. The van der Waals surface area contributed by atoms with Crippen molar-refractivity contribution in [1.29, 1.82) is 0 Å². The number of aliphatic hydroxyl groups is 1. The van der Waals surface area contributed by atoms with Gasteiger partial charge in [0, 0.05) is 17.8 Å². The minimum absolute atomic E-state index is 0.393. The number of allylic oxidation sites excluding steroid dienone is 1. The molecule has 0 aliphatic heterocycles. The van der Waals surface area contributed by atoms with E-state index in [1.54, 1.807) is 6.08 Å². The van der Waals surface area contributed by atoms with Crippen LogP contribution < -0.4 is 0 Å². The van der Waals surface area contributed by atoms with E-state index in [1.807, 2.05) is 6.92 Å². The van der Waals surface area contributed by atoms with Crippen LogP contribution in [0.2, 0.25) is 0 Å². The number of alkyl halides is 1. The predicted molar refractivity (Wildman–Crippen MR) is 60.0 cm³/mol. The van der Waals surface area contributed by atoms with E-state index in [2.05, 4.69) is 29.8 Å². The van der Waals surface area contributed by atoms with Gasteiger partial charge in [-0.05, 0) is 5.92 Å². The van der Waals surface area contributed by atoms with E-state index >= 15 is 0 Å². The van der Waals surface area contributed by atoms with Crippen molar-refractivity contribution in [2.24, 2.45) is 5.92 Å². The zero-order valence-electron chi connectivity index (χ0n) is 9.00. The first-order valence-corrected chi connectivity index (χ1v) is 5.95. The van der Waals surface area contributed by atoms with Gasteiger partial charge in [0.15, 0.2) is 6.29 Å². The van der Waals surface area contributed by atoms with Gasteiger partial charge in [-0.3, -0.25) is 0 Å². The van der Waals surface area contributed by atoms with Crippen LogP contribution in [0.15, 0.2) is 12.0 Å². The van der Waals surface area contributed by atoms with E-state index in [0.29, 0.717) is 30.2 Å². The molecule has 0 aliphatic rings. The van der Waals surface area contributed by atoms with Crippen LogP contribution in [-0.2, 0) is 9.47 Å². The maximum Gasteiger partial charge on any atom is 0.278 e. The summed E-state index contributed by atoms with van der Waals surface area (Å²) >= 11 is 3.25. The summed E-state index contributed by atoms with van der Waals surface area (Å²) in [5, 5.41) is 9.91. The molecular weight excluding hydrogens is 248 g/mol. The predicted octanol–water partition coefficient (Wildman–Crippen LogP) is 2.64. The summed E-state index contributed by atoms with van der Waals surface area (Å²) in [4.78, 5) is 0. The summed E-state index contributed by atoms with van der Waals surface area (Å²) in [6, 6.07) is 0. The molecule has 0 heterocycles. The molecule has 0 aromatic carbocycles. The van der Waals surface area contributed by atoms with Crippen molar-refractivity contribution in [2.75, 3.05) is 11.9 Å². The molecule has 14 heavy (non-hydrogen) atoms. The third kappa shape index (κ3) is 7.21. The maximum absolute atomic E-state index is 9.26. The van der Waals surface area contributed by atoms with Crippen LogP contribution in [0.25, 0.3) is 0 Å². The van der Waals surface area contributed by atoms with Gasteiger partial charge in [0.05, 0.1) is 6.61 Å². The van der Waals surface area contributed by atoms with Crippen molar-refractivity contribution in [3.8, 4) is 0 Å². The molecule has 0 radical (unpaired) electrons. The summed E-state index contributed by atoms with van der Waals surface area (Å²) < 4.78 is 10.5. The largest absolute Gasteiger partial charge is 0.465 e. The fourth-order valence-corrected chi connectivity index (χ4v) is 0.935. The van der Waals surface area contributed by atoms with Gasteiger partial charge in [0.2, 0.25) is 0 Å². The second kappa shape index (κ2) is 8.12. The van der Waals surface area contributed by atoms with Crippen molar-refractivity contribution in [1.82, 2.24) is 0 Å². The quantitative estimate of drug-likeness (QED) is 0.438. The zero-order chi connectivity index (χ0) is 11.0. The lowest BCUT2D eigenvalue weighted by Crippen LogP contribution is -2.13. The van der Waals surface area contributed by atoms with Gasteiger partial charge in [-0.1, -0.05) is 36.7 Å². The number of halogens is 1. The van der Waals surface area contributed by atoms with Gasteiger partial charge in [-0.2, -0.15) is 0 Å². The molecule has 0 rings (SSSR count). The van der Waals surface area contributed by atoms with Crippen molar-refractivity contribution in [2.45, 2.75) is 33.5 Å². The molecule has 0 saturated carbocycles. The molecule has 0 aliphatic carbocycles. The molecule has 1 atom stereocenters. The third-order valence-corrected chi connectivity index (χ3v) is 1.73. The average molecular weight is 267 g/mol. The van der Waals surface area contributed by atoms with Crippen LogP contribution >= 0.6 is 15.9 Å². The molecule has 0 saturated heterocycles. The minimum atomic E-state index is -0.785. The van der Waals surface area contributed by atoms with E-state index < -0.39 is 6.29 Å². The molecular formula is C10H19BrO3. The fraction of sp³-hybridized carbons (Fsp3) is 0.800. The molecule has 0 spiro atoms. The van der Waals surface area contributed by atoms with Crippen LogP contribution in [0.1, 0.15) is 27.2 Å². The van der Waals surface area contributed by atoms with Crippen LogP contribution in [0.5, 0.6) is 0 Å². The molecule has 0 fully saturated rings. The Balaban J connectivity index is 3.96. The molecule has 84 valence electrons. The third-order valence-electron chi connectivity index (χ3n) is 1.40. The second-order valence-electron chi connectivity index (χ2n) is 3.36. The lowest BCUT2D eigenvalue weighted by Gasteiger charge is -2.16. The second-order valence-corrected chi connectivity index (χ2v) is 4.01. The molecule has 3 nitrogen and oxygen atoms in total. The van der Waals surface area contributed by atoms with Crippen LogP contribution in [0.3, 0.4) is 0 Å². The van der Waals surface area contributed by atoms with E-state index in [-0.39, 0.29) is 0 Å². The maximum atomic E-state index is 9.26. The lowest BCUT2D eigenvalue weighted by atomic mass is 10.2. The SMILES string of the molecule is CCC(O)OC(=CCBr)OCC(C)C. The van der Waals surface area contributed by atoms with Gasteiger partial charge in [0.25, 0.3) is 5.95 Å². The van der Waals surface area contributed by atoms with E-state index in [1.165, 1.54) is 0 Å². The summed E-state index contributed by atoms with van der Waals surface area (Å²) in [6.07, 6.45) is 1.51. The Morgan fingerprint density at radius 1 is 1.50 bits per heavy atom. The Morgan fingerprint density at radius 2 is 2.14 bits per heavy atom. The number of hydrogen-bond acceptors (Lipinski definition) is 3. The molecule has 0 amide bonds. The highest BCUT2D eigenvalue weighted by atomic mass is 79.9. The minimum Gasteiger partial charge on any atom is -0.465 e. The Kier molecular flexibility index (Phi) is 7.99. The van der Waals surface area contributed by atoms with E-state index in [0.717, 1.165) is 0 Å². The summed E-state index contributed by atoms with van der Waals surface area (Å²) in [6.45, 7) is 6.55. The van der Waals surface area contributed by atoms with Gasteiger partial charge in [-0.25, -0.2) is 0 Å². The highest BCUT2D eigenvalue weighted by Gasteiger charge is 2.06. The zero-order valence-corrected chi connectivity index (χ0v) is 10.6. The van der Waals surface area contributed by atoms with Crippen LogP contribution in [-0.4, -0.2) is 23.3 Å². The first-order chi connectivity index (χ1) is 6.60. The molecule has 0 aromatic heterocycles. The standard InChI is InChI=1S/C10H19BrO3/c1-4-9(12)14-10(5-6-11)13-7-8(2)3/h5,8-9,12H,4,6-7H2,1-3H3. The van der Waals surface area contributed by atoms with Crippen molar-refractivity contribution in [3.05, 3.63) is 12.0 Å². The molecule has 4 heteroatoms. The summed E-state index contributed by atoms with van der Waals surface area (Å²) in [5.74, 6) is 0.834. The van der Waals surface area contributed by atoms with Crippen molar-refractivity contribution >= 4 is 15.9 Å². The summed E-state index contributed by atoms with van der Waals surface area (Å²) in [5.41, 5.74) is 0. The first-order valence-electron chi connectivity index (χ1n) is 4.83. The summed E-state index contributed by atoms with van der Waals surface area (Å²) in [7, 11) is 0. The molecule has 0 bridgehead atoms. The number of hydrogen-bond donors (Lipinski definition) is 1. The number of aliphatic hydroxyl groups excluding tert-OH is 1. The van der Waals surface area contributed by atoms with Gasteiger partial charge >= 0.3 is 0 Å². The van der Waals surface area contributed by atoms with Gasteiger partial charge in [-0.15, -0.1) is 0 Å². The van der Waals surface area contributed by atoms with E-state index in [4.69, 9.17) is 9.47 Å². The van der Waals surface area contributed by atoms with Gasteiger partial charge < -0.3 is 14.6 Å². The Morgan fingerprint density at radius 3 is 2.57 bits per heavy atom. The highest BCUT2D eigenvalue weighted by molar-refractivity contribution is 9.09. The molecule has 1 unspecified atom stereocenters. The average Bonchev–Trinajstić information content (AvgIpc) is 2.14. The number of rotatable bonds is 7.